The summed E-state index contributed by atoms with van der Waals surface area (Å²) >= 11 is 1.50. The van der Waals surface area contributed by atoms with E-state index in [1.54, 1.807) is 11.8 Å². The summed E-state index contributed by atoms with van der Waals surface area (Å²) in [7, 11) is 0. The maximum Gasteiger partial charge on any atom is 0.225 e. The molecule has 0 atom stereocenters. The van der Waals surface area contributed by atoms with Crippen LogP contribution in [-0.2, 0) is 17.9 Å². The summed E-state index contributed by atoms with van der Waals surface area (Å²) in [4.78, 5) is 17.6. The molecule has 2 heterocycles. The number of anilines is 1. The molecule has 1 amide bonds. The summed E-state index contributed by atoms with van der Waals surface area (Å²) in [6.07, 6.45) is 3.88. The highest BCUT2D eigenvalue weighted by Gasteiger charge is 2.12. The minimum atomic E-state index is 0.0282. The monoisotopic (exact) mass is 307 g/mol. The van der Waals surface area contributed by atoms with E-state index in [4.69, 9.17) is 0 Å². The third-order valence-corrected chi connectivity index (χ3v) is 3.97. The van der Waals surface area contributed by atoms with Crippen LogP contribution in [0.2, 0.25) is 0 Å². The highest BCUT2D eigenvalue weighted by molar-refractivity contribution is 7.14. The van der Waals surface area contributed by atoms with Gasteiger partial charge >= 0.3 is 0 Å². The zero-order valence-electron chi connectivity index (χ0n) is 12.7. The second-order valence-electron chi connectivity index (χ2n) is 4.84. The molecule has 2 rings (SSSR count). The first kappa shape index (κ1) is 15.7. The van der Waals surface area contributed by atoms with Gasteiger partial charge in [0.25, 0.3) is 0 Å². The van der Waals surface area contributed by atoms with Crippen molar-refractivity contribution < 1.29 is 4.79 Å². The lowest BCUT2D eigenvalue weighted by molar-refractivity contribution is -0.116. The van der Waals surface area contributed by atoms with Crippen LogP contribution in [0.3, 0.4) is 0 Å². The van der Waals surface area contributed by atoms with E-state index in [1.165, 1.54) is 16.9 Å². The number of nitrogens with one attached hydrogen (secondary N) is 1. The second-order valence-corrected chi connectivity index (χ2v) is 5.68. The fourth-order valence-corrected chi connectivity index (χ4v) is 2.93. The molecular weight excluding hydrogens is 286 g/mol. The van der Waals surface area contributed by atoms with Gasteiger partial charge in [-0.1, -0.05) is 0 Å². The van der Waals surface area contributed by atoms with E-state index in [0.29, 0.717) is 13.1 Å². The summed E-state index contributed by atoms with van der Waals surface area (Å²) < 4.78 is 1.92. The molecule has 1 N–H and O–H groups in total. The van der Waals surface area contributed by atoms with E-state index in [-0.39, 0.29) is 5.91 Å². The molecule has 0 aliphatic rings. The molecule has 21 heavy (non-hydrogen) atoms. The topological polar surface area (TPSA) is 63.1 Å². The third kappa shape index (κ3) is 4.37. The number of carbonyl (C=O) groups is 1. The smallest absolute Gasteiger partial charge is 0.225 e. The number of hydrogen-bond acceptors (Lipinski definition) is 5. The standard InChI is InChI=1S/C14H21N5OS/c1-4-19(12(3)20)14-17-13(10-21-14)8-15-5-6-18-9-11(2)7-16-18/h7,9-10,15H,4-6,8H2,1-3H3. The molecule has 0 saturated heterocycles. The van der Waals surface area contributed by atoms with Crippen LogP contribution in [0.25, 0.3) is 0 Å². The highest BCUT2D eigenvalue weighted by Crippen LogP contribution is 2.20. The molecule has 2 aromatic rings. The van der Waals surface area contributed by atoms with Crippen molar-refractivity contribution in [2.24, 2.45) is 0 Å². The van der Waals surface area contributed by atoms with E-state index >= 15 is 0 Å². The average molecular weight is 307 g/mol. The van der Waals surface area contributed by atoms with Crippen molar-refractivity contribution in [1.82, 2.24) is 20.1 Å². The predicted molar refractivity (Wildman–Crippen MR) is 84.5 cm³/mol. The van der Waals surface area contributed by atoms with Gasteiger partial charge in [-0.05, 0) is 19.4 Å². The largest absolute Gasteiger partial charge is 0.309 e. The van der Waals surface area contributed by atoms with E-state index in [2.05, 4.69) is 15.4 Å². The van der Waals surface area contributed by atoms with Crippen LogP contribution in [0.15, 0.2) is 17.8 Å². The molecule has 0 aromatic carbocycles. The lowest BCUT2D eigenvalue weighted by Crippen LogP contribution is -2.27. The number of carbonyl (C=O) groups excluding carboxylic acids is 1. The van der Waals surface area contributed by atoms with Gasteiger partial charge in [-0.2, -0.15) is 5.10 Å². The first-order valence-electron chi connectivity index (χ1n) is 7.02. The Morgan fingerprint density at radius 2 is 2.33 bits per heavy atom. The molecular formula is C14H21N5OS. The maximum atomic E-state index is 11.5. The SMILES string of the molecule is CCN(C(C)=O)c1nc(CNCCn2cc(C)cn2)cs1. The van der Waals surface area contributed by atoms with Crippen molar-refractivity contribution in [2.75, 3.05) is 18.0 Å². The van der Waals surface area contributed by atoms with Crippen LogP contribution < -0.4 is 10.2 Å². The Balaban J connectivity index is 1.79. The molecule has 0 aliphatic carbocycles. The fraction of sp³-hybridized carbons (Fsp3) is 0.500. The third-order valence-electron chi connectivity index (χ3n) is 3.05. The summed E-state index contributed by atoms with van der Waals surface area (Å²) in [6, 6.07) is 0. The van der Waals surface area contributed by atoms with Gasteiger partial charge in [0.2, 0.25) is 5.91 Å². The zero-order valence-corrected chi connectivity index (χ0v) is 13.5. The molecule has 0 aliphatic heterocycles. The number of hydrogen-bond donors (Lipinski definition) is 1. The van der Waals surface area contributed by atoms with Crippen LogP contribution in [0.5, 0.6) is 0 Å². The normalized spacial score (nSPS) is 10.8. The van der Waals surface area contributed by atoms with Crippen molar-refractivity contribution >= 4 is 22.4 Å². The quantitative estimate of drug-likeness (QED) is 0.793. The molecule has 114 valence electrons. The van der Waals surface area contributed by atoms with Gasteiger partial charge in [-0.3, -0.25) is 14.4 Å². The van der Waals surface area contributed by atoms with E-state index in [1.807, 2.05) is 36.3 Å². The molecule has 7 heteroatoms. The molecule has 6 nitrogen and oxygen atoms in total. The Morgan fingerprint density at radius 1 is 1.52 bits per heavy atom. The van der Waals surface area contributed by atoms with Gasteiger partial charge in [-0.25, -0.2) is 4.98 Å². The van der Waals surface area contributed by atoms with Crippen molar-refractivity contribution in [3.05, 3.63) is 29.0 Å². The van der Waals surface area contributed by atoms with E-state index < -0.39 is 0 Å². The number of nitrogens with zero attached hydrogens (tertiary/aromatic N) is 4. The number of amides is 1. The van der Waals surface area contributed by atoms with Gasteiger partial charge in [0, 0.05) is 38.1 Å². The molecule has 0 saturated carbocycles. The minimum absolute atomic E-state index is 0.0282. The number of rotatable bonds is 7. The Bertz CT molecular complexity index is 592. The van der Waals surface area contributed by atoms with E-state index in [9.17, 15) is 4.79 Å². The summed E-state index contributed by atoms with van der Waals surface area (Å²) in [5.41, 5.74) is 2.13. The van der Waals surface area contributed by atoms with E-state index in [0.717, 1.165) is 23.9 Å². The molecule has 0 bridgehead atoms. The van der Waals surface area contributed by atoms with Crippen molar-refractivity contribution in [1.29, 1.82) is 0 Å². The number of aromatic nitrogens is 3. The average Bonchev–Trinajstić information content (AvgIpc) is 3.05. The Hall–Kier alpha value is -1.73. The highest BCUT2D eigenvalue weighted by atomic mass is 32.1. The number of aryl methyl sites for hydroxylation is 1. The van der Waals surface area contributed by atoms with Crippen LogP contribution in [0, 0.1) is 6.92 Å². The van der Waals surface area contributed by atoms with Crippen LogP contribution in [0.1, 0.15) is 25.1 Å². The van der Waals surface area contributed by atoms with Crippen LogP contribution in [0.4, 0.5) is 5.13 Å². The Kier molecular flexibility index (Phi) is 5.46. The van der Waals surface area contributed by atoms with Gasteiger partial charge in [-0.15, -0.1) is 11.3 Å². The molecule has 0 unspecified atom stereocenters. The molecule has 0 radical (unpaired) electrons. The number of thiazole rings is 1. The summed E-state index contributed by atoms with van der Waals surface area (Å²) in [5.74, 6) is 0.0282. The summed E-state index contributed by atoms with van der Waals surface area (Å²) in [5, 5.41) is 10.3. The van der Waals surface area contributed by atoms with Gasteiger partial charge in [0.15, 0.2) is 5.13 Å². The Labute approximate surface area is 128 Å². The summed E-state index contributed by atoms with van der Waals surface area (Å²) in [6.45, 7) is 8.56. The minimum Gasteiger partial charge on any atom is -0.309 e. The van der Waals surface area contributed by atoms with Gasteiger partial charge < -0.3 is 5.32 Å². The molecule has 2 aromatic heterocycles. The fourth-order valence-electron chi connectivity index (χ4n) is 1.99. The first-order valence-corrected chi connectivity index (χ1v) is 7.90. The molecule has 0 fully saturated rings. The lowest BCUT2D eigenvalue weighted by Gasteiger charge is -2.14. The predicted octanol–water partition coefficient (Wildman–Crippen LogP) is 1.81. The van der Waals surface area contributed by atoms with Crippen molar-refractivity contribution in [3.8, 4) is 0 Å². The van der Waals surface area contributed by atoms with Crippen LogP contribution in [-0.4, -0.2) is 33.8 Å². The van der Waals surface area contributed by atoms with Gasteiger partial charge in [0.1, 0.15) is 0 Å². The van der Waals surface area contributed by atoms with Gasteiger partial charge in [0.05, 0.1) is 18.4 Å². The zero-order chi connectivity index (χ0) is 15.2. The first-order chi connectivity index (χ1) is 10.1. The Morgan fingerprint density at radius 3 is 2.95 bits per heavy atom. The van der Waals surface area contributed by atoms with Crippen molar-refractivity contribution in [3.63, 3.8) is 0 Å². The van der Waals surface area contributed by atoms with Crippen LogP contribution >= 0.6 is 11.3 Å². The second kappa shape index (κ2) is 7.33. The maximum absolute atomic E-state index is 11.5. The molecule has 0 spiro atoms. The van der Waals surface area contributed by atoms with Crippen molar-refractivity contribution in [2.45, 2.75) is 33.9 Å². The lowest BCUT2D eigenvalue weighted by atomic mass is 10.4.